The van der Waals surface area contributed by atoms with Crippen LogP contribution in [0.5, 0.6) is 11.5 Å². The number of hydrogen-bond acceptors (Lipinski definition) is 4. The number of hydrogen-bond donors (Lipinski definition) is 4. The predicted octanol–water partition coefficient (Wildman–Crippen LogP) is 1.20. The molecule has 0 heterocycles. The zero-order valence-corrected chi connectivity index (χ0v) is 10.7. The van der Waals surface area contributed by atoms with E-state index in [2.05, 4.69) is 19.2 Å². The lowest BCUT2D eigenvalue weighted by atomic mass is 10.0. The van der Waals surface area contributed by atoms with Crippen LogP contribution in [0.4, 0.5) is 0 Å². The van der Waals surface area contributed by atoms with Gasteiger partial charge in [-0.25, -0.2) is 0 Å². The van der Waals surface area contributed by atoms with Crippen LogP contribution in [0.2, 0.25) is 0 Å². The van der Waals surface area contributed by atoms with Crippen LogP contribution < -0.4 is 11.1 Å². The van der Waals surface area contributed by atoms with E-state index in [-0.39, 0.29) is 29.0 Å². The maximum Gasteiger partial charge on any atom is 0.251 e. The second kappa shape index (κ2) is 6.26. The van der Waals surface area contributed by atoms with Crippen molar-refractivity contribution in [1.29, 1.82) is 0 Å². The Kier molecular flexibility index (Phi) is 4.97. The maximum atomic E-state index is 11.9. The number of nitrogens with one attached hydrogen (secondary N) is 1. The second-order valence-corrected chi connectivity index (χ2v) is 4.77. The molecule has 0 aliphatic heterocycles. The molecule has 0 bridgehead atoms. The summed E-state index contributed by atoms with van der Waals surface area (Å²) in [5.74, 6) is -0.213. The Bertz CT molecular complexity index is 398. The molecule has 5 heteroatoms. The molecule has 0 spiro atoms. The van der Waals surface area contributed by atoms with Crippen LogP contribution in [-0.4, -0.2) is 28.7 Å². The number of phenols is 2. The van der Waals surface area contributed by atoms with Gasteiger partial charge in [0, 0.05) is 24.2 Å². The van der Waals surface area contributed by atoms with Crippen molar-refractivity contribution in [3.63, 3.8) is 0 Å². The summed E-state index contributed by atoms with van der Waals surface area (Å²) in [5, 5.41) is 21.4. The average Bonchev–Trinajstić information content (AvgIpc) is 2.26. The summed E-state index contributed by atoms with van der Waals surface area (Å²) in [6.45, 7) is 4.46. The fourth-order valence-electron chi connectivity index (χ4n) is 1.78. The van der Waals surface area contributed by atoms with E-state index in [4.69, 9.17) is 5.73 Å². The van der Waals surface area contributed by atoms with E-state index in [1.54, 1.807) is 0 Å². The van der Waals surface area contributed by atoms with Crippen molar-refractivity contribution < 1.29 is 15.0 Å². The minimum atomic E-state index is -0.350. The Morgan fingerprint density at radius 1 is 1.28 bits per heavy atom. The number of aromatic hydroxyl groups is 2. The summed E-state index contributed by atoms with van der Waals surface area (Å²) < 4.78 is 0. The van der Waals surface area contributed by atoms with Gasteiger partial charge in [-0.2, -0.15) is 0 Å². The Morgan fingerprint density at radius 3 is 2.28 bits per heavy atom. The summed E-state index contributed by atoms with van der Waals surface area (Å²) in [5.41, 5.74) is 5.81. The van der Waals surface area contributed by atoms with Crippen molar-refractivity contribution in [2.24, 2.45) is 11.7 Å². The molecule has 100 valence electrons. The van der Waals surface area contributed by atoms with Crippen LogP contribution in [-0.2, 0) is 0 Å². The first-order valence-electron chi connectivity index (χ1n) is 5.96. The molecule has 0 aliphatic rings. The molecule has 0 fully saturated rings. The molecule has 1 aromatic rings. The van der Waals surface area contributed by atoms with Crippen molar-refractivity contribution in [3.05, 3.63) is 23.8 Å². The van der Waals surface area contributed by atoms with E-state index < -0.39 is 0 Å². The summed E-state index contributed by atoms with van der Waals surface area (Å²) in [6, 6.07) is 3.67. The summed E-state index contributed by atoms with van der Waals surface area (Å²) in [7, 11) is 0. The molecule has 0 aromatic heterocycles. The largest absolute Gasteiger partial charge is 0.508 e. The number of carbonyl (C=O) groups excluding carboxylic acids is 1. The van der Waals surface area contributed by atoms with E-state index in [1.165, 1.54) is 18.2 Å². The highest BCUT2D eigenvalue weighted by atomic mass is 16.3. The SMILES string of the molecule is CC(C)CC(CN)NC(=O)c1cc(O)cc(O)c1. The van der Waals surface area contributed by atoms with Crippen LogP contribution >= 0.6 is 0 Å². The topological polar surface area (TPSA) is 95.6 Å². The highest BCUT2D eigenvalue weighted by Gasteiger charge is 2.14. The molecule has 0 aliphatic carbocycles. The Labute approximate surface area is 107 Å². The predicted molar refractivity (Wildman–Crippen MR) is 69.5 cm³/mol. The van der Waals surface area contributed by atoms with Crippen LogP contribution in [0.25, 0.3) is 0 Å². The van der Waals surface area contributed by atoms with Crippen molar-refractivity contribution in [3.8, 4) is 11.5 Å². The van der Waals surface area contributed by atoms with Gasteiger partial charge in [0.1, 0.15) is 11.5 Å². The van der Waals surface area contributed by atoms with Gasteiger partial charge in [-0.1, -0.05) is 13.8 Å². The van der Waals surface area contributed by atoms with Crippen LogP contribution in [0.3, 0.4) is 0 Å². The molecule has 0 saturated heterocycles. The van der Waals surface area contributed by atoms with E-state index in [0.29, 0.717) is 12.5 Å². The molecule has 5 N–H and O–H groups in total. The van der Waals surface area contributed by atoms with Gasteiger partial charge in [0.05, 0.1) is 0 Å². The van der Waals surface area contributed by atoms with E-state index in [1.807, 2.05) is 0 Å². The number of phenolic OH excluding ortho intramolecular Hbond substituents is 2. The van der Waals surface area contributed by atoms with Crippen molar-refractivity contribution in [2.45, 2.75) is 26.3 Å². The van der Waals surface area contributed by atoms with Gasteiger partial charge in [-0.15, -0.1) is 0 Å². The van der Waals surface area contributed by atoms with Crippen LogP contribution in [0, 0.1) is 5.92 Å². The quantitative estimate of drug-likeness (QED) is 0.633. The first-order chi connectivity index (χ1) is 8.42. The number of carbonyl (C=O) groups is 1. The third-order valence-electron chi connectivity index (χ3n) is 2.54. The molecule has 1 rings (SSSR count). The third-order valence-corrected chi connectivity index (χ3v) is 2.54. The maximum absolute atomic E-state index is 11.9. The zero-order chi connectivity index (χ0) is 13.7. The number of nitrogens with two attached hydrogens (primary N) is 1. The average molecular weight is 252 g/mol. The molecule has 5 nitrogen and oxygen atoms in total. The first kappa shape index (κ1) is 14.3. The van der Waals surface area contributed by atoms with E-state index >= 15 is 0 Å². The lowest BCUT2D eigenvalue weighted by Crippen LogP contribution is -2.41. The molecule has 1 unspecified atom stereocenters. The first-order valence-corrected chi connectivity index (χ1v) is 5.96. The molecule has 18 heavy (non-hydrogen) atoms. The minimum absolute atomic E-state index is 0.109. The van der Waals surface area contributed by atoms with Crippen LogP contribution in [0.1, 0.15) is 30.6 Å². The summed E-state index contributed by atoms with van der Waals surface area (Å²) in [4.78, 5) is 11.9. The molecule has 0 saturated carbocycles. The highest BCUT2D eigenvalue weighted by Crippen LogP contribution is 2.20. The van der Waals surface area contributed by atoms with Gasteiger partial charge < -0.3 is 21.3 Å². The molecule has 1 amide bonds. The Morgan fingerprint density at radius 2 is 1.83 bits per heavy atom. The van der Waals surface area contributed by atoms with Gasteiger partial charge in [0.25, 0.3) is 5.91 Å². The van der Waals surface area contributed by atoms with Crippen molar-refractivity contribution in [2.75, 3.05) is 6.54 Å². The fourth-order valence-corrected chi connectivity index (χ4v) is 1.78. The van der Waals surface area contributed by atoms with Gasteiger partial charge >= 0.3 is 0 Å². The minimum Gasteiger partial charge on any atom is -0.508 e. The van der Waals surface area contributed by atoms with E-state index in [9.17, 15) is 15.0 Å². The number of benzene rings is 1. The monoisotopic (exact) mass is 252 g/mol. The molecule has 0 radical (unpaired) electrons. The van der Waals surface area contributed by atoms with Gasteiger partial charge in [-0.05, 0) is 24.5 Å². The van der Waals surface area contributed by atoms with Gasteiger partial charge in [0.2, 0.25) is 0 Å². The molecule has 1 atom stereocenters. The Balaban J connectivity index is 2.74. The molecular weight excluding hydrogens is 232 g/mol. The number of rotatable bonds is 5. The summed E-state index contributed by atoms with van der Waals surface area (Å²) in [6.07, 6.45) is 0.785. The fraction of sp³-hybridized carbons (Fsp3) is 0.462. The van der Waals surface area contributed by atoms with E-state index in [0.717, 1.165) is 6.42 Å². The smallest absolute Gasteiger partial charge is 0.251 e. The normalized spacial score (nSPS) is 12.4. The molecule has 1 aromatic carbocycles. The van der Waals surface area contributed by atoms with Gasteiger partial charge in [-0.3, -0.25) is 4.79 Å². The third kappa shape index (κ3) is 4.25. The zero-order valence-electron chi connectivity index (χ0n) is 10.7. The van der Waals surface area contributed by atoms with Gasteiger partial charge in [0.15, 0.2) is 0 Å². The van der Waals surface area contributed by atoms with Crippen molar-refractivity contribution >= 4 is 5.91 Å². The standard InChI is InChI=1S/C13H20N2O3/c1-8(2)3-10(7-14)15-13(18)9-4-11(16)6-12(17)5-9/h4-6,8,10,16-17H,3,7,14H2,1-2H3,(H,15,18). The van der Waals surface area contributed by atoms with Crippen molar-refractivity contribution in [1.82, 2.24) is 5.32 Å². The second-order valence-electron chi connectivity index (χ2n) is 4.77. The van der Waals surface area contributed by atoms with Crippen LogP contribution in [0.15, 0.2) is 18.2 Å². The lowest BCUT2D eigenvalue weighted by molar-refractivity contribution is 0.0933. The Hall–Kier alpha value is -1.75. The summed E-state index contributed by atoms with van der Waals surface area (Å²) >= 11 is 0. The number of amides is 1. The molecular formula is C13H20N2O3. The lowest BCUT2D eigenvalue weighted by Gasteiger charge is -2.18. The highest BCUT2D eigenvalue weighted by molar-refractivity contribution is 5.95.